The van der Waals surface area contributed by atoms with E-state index >= 15 is 0 Å². The molecule has 18 heavy (non-hydrogen) atoms. The highest BCUT2D eigenvalue weighted by atomic mass is 35.5. The molecule has 92 valence electrons. The molecule has 0 saturated carbocycles. The monoisotopic (exact) mass is 257 g/mol. The lowest BCUT2D eigenvalue weighted by molar-refractivity contribution is 0.245. The zero-order valence-corrected chi connectivity index (χ0v) is 11.0. The molecule has 0 N–H and O–H groups in total. The Morgan fingerprint density at radius 3 is 2.50 bits per heavy atom. The lowest BCUT2D eigenvalue weighted by atomic mass is 9.99. The largest absolute Gasteiger partial charge is 0.294 e. The van der Waals surface area contributed by atoms with Crippen LogP contribution in [-0.2, 0) is 19.5 Å². The van der Waals surface area contributed by atoms with Crippen LogP contribution in [-0.4, -0.2) is 11.4 Å². The molecule has 0 unspecified atom stereocenters. The zero-order valence-electron chi connectivity index (χ0n) is 10.3. The lowest BCUT2D eigenvalue weighted by Crippen LogP contribution is -2.30. The van der Waals surface area contributed by atoms with E-state index in [0.29, 0.717) is 0 Å². The van der Waals surface area contributed by atoms with Crippen molar-refractivity contribution in [1.29, 1.82) is 0 Å². The Hall–Kier alpha value is -1.31. The molecule has 1 aliphatic heterocycles. The number of hydrogen-bond acceptors (Lipinski definition) is 1. The minimum atomic E-state index is 0.872. The van der Waals surface area contributed by atoms with Crippen molar-refractivity contribution >= 4 is 11.6 Å². The van der Waals surface area contributed by atoms with E-state index in [1.54, 1.807) is 0 Å². The van der Waals surface area contributed by atoms with Crippen LogP contribution in [0.3, 0.4) is 0 Å². The predicted octanol–water partition coefficient (Wildman–Crippen LogP) is 3.90. The van der Waals surface area contributed by atoms with Crippen molar-refractivity contribution in [2.75, 3.05) is 6.54 Å². The minimum absolute atomic E-state index is 0.872. The summed E-state index contributed by atoms with van der Waals surface area (Å²) >= 11 is 6.22. The normalized spacial score (nSPS) is 15.4. The molecule has 0 aromatic heterocycles. The van der Waals surface area contributed by atoms with Crippen molar-refractivity contribution in [2.45, 2.75) is 19.5 Å². The Morgan fingerprint density at radius 2 is 1.67 bits per heavy atom. The minimum Gasteiger partial charge on any atom is -0.294 e. The van der Waals surface area contributed by atoms with Gasteiger partial charge in [-0.15, -0.1) is 0 Å². The number of halogens is 1. The third-order valence-electron chi connectivity index (χ3n) is 3.56. The van der Waals surface area contributed by atoms with Crippen LogP contribution in [0.1, 0.15) is 16.7 Å². The summed E-state index contributed by atoms with van der Waals surface area (Å²) in [6.45, 7) is 3.08. The molecule has 0 spiro atoms. The maximum absolute atomic E-state index is 6.22. The summed E-state index contributed by atoms with van der Waals surface area (Å²) in [5, 5.41) is 0.872. The fraction of sp³-hybridized carbons (Fsp3) is 0.250. The van der Waals surface area contributed by atoms with E-state index in [-0.39, 0.29) is 0 Å². The molecule has 1 aliphatic rings. The van der Waals surface area contributed by atoms with Crippen LogP contribution in [0, 0.1) is 0 Å². The SMILES string of the molecule is Clc1ccccc1CN1CCc2ccccc2C1. The van der Waals surface area contributed by atoms with Crippen molar-refractivity contribution < 1.29 is 0 Å². The standard InChI is InChI=1S/C16H16ClN/c17-16-8-4-3-7-15(16)12-18-10-9-13-5-1-2-6-14(13)11-18/h1-8H,9-12H2. The first-order chi connectivity index (χ1) is 8.83. The maximum atomic E-state index is 6.22. The number of benzene rings is 2. The quantitative estimate of drug-likeness (QED) is 0.789. The molecule has 1 nitrogen and oxygen atoms in total. The van der Waals surface area contributed by atoms with E-state index in [1.807, 2.05) is 12.1 Å². The van der Waals surface area contributed by atoms with Gasteiger partial charge in [0, 0.05) is 24.7 Å². The zero-order chi connectivity index (χ0) is 12.4. The van der Waals surface area contributed by atoms with Crippen molar-refractivity contribution in [3.05, 3.63) is 70.2 Å². The van der Waals surface area contributed by atoms with Crippen LogP contribution >= 0.6 is 11.6 Å². The van der Waals surface area contributed by atoms with Crippen molar-refractivity contribution in [1.82, 2.24) is 4.90 Å². The van der Waals surface area contributed by atoms with Gasteiger partial charge in [-0.2, -0.15) is 0 Å². The molecule has 0 fully saturated rings. The molecule has 0 radical (unpaired) electrons. The van der Waals surface area contributed by atoms with Gasteiger partial charge in [-0.3, -0.25) is 4.90 Å². The molecular formula is C16H16ClN. The second-order valence-electron chi connectivity index (χ2n) is 4.82. The summed E-state index contributed by atoms with van der Waals surface area (Å²) in [6, 6.07) is 16.8. The maximum Gasteiger partial charge on any atom is 0.0451 e. The third-order valence-corrected chi connectivity index (χ3v) is 3.93. The average Bonchev–Trinajstić information content (AvgIpc) is 2.41. The summed E-state index contributed by atoms with van der Waals surface area (Å²) in [5.74, 6) is 0. The van der Waals surface area contributed by atoms with Gasteiger partial charge in [0.05, 0.1) is 0 Å². The second kappa shape index (κ2) is 5.13. The van der Waals surface area contributed by atoms with E-state index < -0.39 is 0 Å². The Kier molecular flexibility index (Phi) is 3.35. The van der Waals surface area contributed by atoms with Crippen LogP contribution in [0.4, 0.5) is 0 Å². The van der Waals surface area contributed by atoms with Crippen LogP contribution in [0.25, 0.3) is 0 Å². The summed E-state index contributed by atoms with van der Waals surface area (Å²) < 4.78 is 0. The van der Waals surface area contributed by atoms with Crippen LogP contribution in [0.5, 0.6) is 0 Å². The fourth-order valence-electron chi connectivity index (χ4n) is 2.56. The first-order valence-electron chi connectivity index (χ1n) is 6.35. The summed E-state index contributed by atoms with van der Waals surface area (Å²) in [6.07, 6.45) is 1.14. The molecule has 0 atom stereocenters. The van der Waals surface area contributed by atoms with Gasteiger partial charge in [-0.1, -0.05) is 54.1 Å². The third kappa shape index (κ3) is 2.43. The molecule has 1 heterocycles. The molecule has 0 bridgehead atoms. The first-order valence-corrected chi connectivity index (χ1v) is 6.73. The number of nitrogens with zero attached hydrogens (tertiary/aromatic N) is 1. The van der Waals surface area contributed by atoms with E-state index in [0.717, 1.165) is 31.1 Å². The highest BCUT2D eigenvalue weighted by molar-refractivity contribution is 6.31. The van der Waals surface area contributed by atoms with Crippen LogP contribution < -0.4 is 0 Å². The van der Waals surface area contributed by atoms with Crippen molar-refractivity contribution in [3.8, 4) is 0 Å². The molecule has 0 saturated heterocycles. The van der Waals surface area contributed by atoms with Crippen LogP contribution in [0.2, 0.25) is 5.02 Å². The number of hydrogen-bond donors (Lipinski definition) is 0. The summed E-state index contributed by atoms with van der Waals surface area (Å²) in [4.78, 5) is 2.46. The molecule has 0 aliphatic carbocycles. The summed E-state index contributed by atoms with van der Waals surface area (Å²) in [5.41, 5.74) is 4.17. The molecule has 2 aromatic carbocycles. The van der Waals surface area contributed by atoms with Gasteiger partial charge in [0.25, 0.3) is 0 Å². The molecule has 3 rings (SSSR count). The van der Waals surface area contributed by atoms with Crippen LogP contribution in [0.15, 0.2) is 48.5 Å². The van der Waals surface area contributed by atoms with E-state index in [9.17, 15) is 0 Å². The predicted molar refractivity (Wildman–Crippen MR) is 75.7 cm³/mol. The average molecular weight is 258 g/mol. The topological polar surface area (TPSA) is 3.24 Å². The summed E-state index contributed by atoms with van der Waals surface area (Å²) in [7, 11) is 0. The molecule has 2 heteroatoms. The van der Waals surface area contributed by atoms with E-state index in [4.69, 9.17) is 11.6 Å². The molecule has 0 amide bonds. The fourth-order valence-corrected chi connectivity index (χ4v) is 2.75. The Labute approximate surface area is 113 Å². The Balaban J connectivity index is 1.75. The van der Waals surface area contributed by atoms with Crippen molar-refractivity contribution in [2.24, 2.45) is 0 Å². The molecule has 2 aromatic rings. The van der Waals surface area contributed by atoms with Gasteiger partial charge in [0.15, 0.2) is 0 Å². The molecular weight excluding hydrogens is 242 g/mol. The highest BCUT2D eigenvalue weighted by Crippen LogP contribution is 2.22. The van der Waals surface area contributed by atoms with Gasteiger partial charge in [-0.05, 0) is 29.2 Å². The van der Waals surface area contributed by atoms with Crippen molar-refractivity contribution in [3.63, 3.8) is 0 Å². The first kappa shape index (κ1) is 11.8. The number of rotatable bonds is 2. The van der Waals surface area contributed by atoms with Gasteiger partial charge >= 0.3 is 0 Å². The smallest absolute Gasteiger partial charge is 0.0451 e. The lowest BCUT2D eigenvalue weighted by Gasteiger charge is -2.28. The van der Waals surface area contributed by atoms with Gasteiger partial charge in [0.1, 0.15) is 0 Å². The Morgan fingerprint density at radius 1 is 0.944 bits per heavy atom. The van der Waals surface area contributed by atoms with Gasteiger partial charge < -0.3 is 0 Å². The number of fused-ring (bicyclic) bond motifs is 1. The van der Waals surface area contributed by atoms with Gasteiger partial charge in [-0.25, -0.2) is 0 Å². The Bertz CT molecular complexity index is 550. The van der Waals surface area contributed by atoms with E-state index in [2.05, 4.69) is 41.3 Å². The van der Waals surface area contributed by atoms with E-state index in [1.165, 1.54) is 16.7 Å². The van der Waals surface area contributed by atoms with Gasteiger partial charge in [0.2, 0.25) is 0 Å². The second-order valence-corrected chi connectivity index (χ2v) is 5.23. The highest BCUT2D eigenvalue weighted by Gasteiger charge is 2.16.